The molecule has 120 valence electrons. The number of likely N-dealkylation sites (tertiary alicyclic amines) is 1. The second-order valence-corrected chi connectivity index (χ2v) is 7.09. The molecule has 3 heterocycles. The van der Waals surface area contributed by atoms with E-state index < -0.39 is 0 Å². The molecule has 3 N–H and O–H groups in total. The van der Waals surface area contributed by atoms with Crippen molar-refractivity contribution in [3.8, 4) is 0 Å². The molecule has 7 nitrogen and oxygen atoms in total. The number of nitrogen functional groups attached to an aromatic ring is 1. The van der Waals surface area contributed by atoms with Crippen LogP contribution in [-0.2, 0) is 7.05 Å². The van der Waals surface area contributed by atoms with E-state index in [9.17, 15) is 0 Å². The van der Waals surface area contributed by atoms with Crippen LogP contribution in [0.25, 0.3) is 11.0 Å². The number of fused-ring (bicyclic) bond motifs is 1. The lowest BCUT2D eigenvalue weighted by molar-refractivity contribution is 0.169. The molecule has 0 spiro atoms. The highest BCUT2D eigenvalue weighted by Crippen LogP contribution is 2.25. The van der Waals surface area contributed by atoms with Gasteiger partial charge in [0, 0.05) is 25.7 Å². The molecule has 1 atom stereocenters. The zero-order valence-electron chi connectivity index (χ0n) is 13.8. The van der Waals surface area contributed by atoms with E-state index in [4.69, 9.17) is 5.73 Å². The number of nitrogens with zero attached hydrogens (tertiary/aromatic N) is 5. The number of anilines is 2. The monoisotopic (exact) mass is 303 g/mol. The van der Waals surface area contributed by atoms with Crippen LogP contribution < -0.4 is 11.1 Å². The van der Waals surface area contributed by atoms with E-state index >= 15 is 0 Å². The Balaban J connectivity index is 1.66. The van der Waals surface area contributed by atoms with Crippen LogP contribution in [0.5, 0.6) is 0 Å². The highest BCUT2D eigenvalue weighted by Gasteiger charge is 2.30. The number of hydrogen-bond acceptors (Lipinski definition) is 6. The topological polar surface area (TPSA) is 84.9 Å². The second kappa shape index (κ2) is 5.39. The molecule has 1 aliphatic heterocycles. The van der Waals surface area contributed by atoms with Gasteiger partial charge in [-0.2, -0.15) is 15.1 Å². The van der Waals surface area contributed by atoms with Crippen molar-refractivity contribution < 1.29 is 0 Å². The molecule has 0 aliphatic carbocycles. The highest BCUT2D eigenvalue weighted by atomic mass is 15.3. The van der Waals surface area contributed by atoms with Crippen molar-refractivity contribution in [2.75, 3.05) is 30.7 Å². The summed E-state index contributed by atoms with van der Waals surface area (Å²) in [4.78, 5) is 11.4. The van der Waals surface area contributed by atoms with Gasteiger partial charge in [0.2, 0.25) is 5.95 Å². The van der Waals surface area contributed by atoms with Gasteiger partial charge in [0.25, 0.3) is 0 Å². The number of hydrogen-bond donors (Lipinski definition) is 2. The first kappa shape index (κ1) is 15.0. The molecule has 0 amide bonds. The van der Waals surface area contributed by atoms with E-state index in [1.165, 1.54) is 6.42 Å². The maximum absolute atomic E-state index is 5.98. The van der Waals surface area contributed by atoms with Gasteiger partial charge >= 0.3 is 0 Å². The van der Waals surface area contributed by atoms with Crippen LogP contribution in [-0.4, -0.2) is 49.8 Å². The number of nitrogens with one attached hydrogen (secondary N) is 1. The number of rotatable bonds is 3. The van der Waals surface area contributed by atoms with Crippen molar-refractivity contribution in [2.45, 2.75) is 32.7 Å². The minimum Gasteiger partial charge on any atom is -0.383 e. The summed E-state index contributed by atoms with van der Waals surface area (Å²) >= 11 is 0. The second-order valence-electron chi connectivity index (χ2n) is 7.09. The molecule has 1 fully saturated rings. The van der Waals surface area contributed by atoms with Crippen molar-refractivity contribution >= 4 is 22.8 Å². The van der Waals surface area contributed by atoms with Crippen molar-refractivity contribution in [1.29, 1.82) is 0 Å². The Labute approximate surface area is 130 Å². The fourth-order valence-corrected chi connectivity index (χ4v) is 2.97. The van der Waals surface area contributed by atoms with Crippen molar-refractivity contribution in [1.82, 2.24) is 24.6 Å². The maximum Gasteiger partial charge on any atom is 0.226 e. The molecule has 2 aromatic heterocycles. The number of aromatic nitrogens is 4. The van der Waals surface area contributed by atoms with Gasteiger partial charge in [-0.15, -0.1) is 0 Å². The molecule has 22 heavy (non-hydrogen) atoms. The van der Waals surface area contributed by atoms with E-state index in [-0.39, 0.29) is 5.54 Å². The normalized spacial score (nSPS) is 19.9. The zero-order valence-corrected chi connectivity index (χ0v) is 13.8. The van der Waals surface area contributed by atoms with Crippen molar-refractivity contribution in [3.63, 3.8) is 0 Å². The van der Waals surface area contributed by atoms with Crippen LogP contribution >= 0.6 is 0 Å². The molecule has 3 rings (SSSR count). The molecular formula is C15H25N7. The summed E-state index contributed by atoms with van der Waals surface area (Å²) in [6.45, 7) is 9.93. The van der Waals surface area contributed by atoms with Crippen LogP contribution in [0.4, 0.5) is 11.8 Å². The van der Waals surface area contributed by atoms with Gasteiger partial charge in [0.05, 0.1) is 11.6 Å². The van der Waals surface area contributed by atoms with Gasteiger partial charge in [-0.3, -0.25) is 9.58 Å². The molecule has 0 aromatic carbocycles. The maximum atomic E-state index is 5.98. The summed E-state index contributed by atoms with van der Waals surface area (Å²) in [5.74, 6) is 1.68. The summed E-state index contributed by atoms with van der Waals surface area (Å²) in [5, 5.41) is 8.31. The summed E-state index contributed by atoms with van der Waals surface area (Å²) in [6, 6.07) is 0. The molecule has 1 aliphatic rings. The standard InChI is InChI=1S/C15H25N7/c1-15(2,3)22-6-5-10(9-22)7-17-14-19-12(16)11-8-18-21(4)13(11)20-14/h8,10H,5-7,9H2,1-4H3,(H3,16,17,19,20)/t10-/m1/s1. The third-order valence-electron chi connectivity index (χ3n) is 4.40. The predicted octanol–water partition coefficient (Wildman–Crippen LogP) is 1.48. The quantitative estimate of drug-likeness (QED) is 0.893. The smallest absolute Gasteiger partial charge is 0.226 e. The van der Waals surface area contributed by atoms with Gasteiger partial charge in [-0.1, -0.05) is 0 Å². The lowest BCUT2D eigenvalue weighted by atomic mass is 10.1. The zero-order chi connectivity index (χ0) is 15.9. The van der Waals surface area contributed by atoms with E-state index in [1.54, 1.807) is 10.9 Å². The van der Waals surface area contributed by atoms with Crippen LogP contribution in [0.1, 0.15) is 27.2 Å². The lowest BCUT2D eigenvalue weighted by Crippen LogP contribution is -2.39. The Morgan fingerprint density at radius 1 is 1.36 bits per heavy atom. The third-order valence-corrected chi connectivity index (χ3v) is 4.40. The Kier molecular flexibility index (Phi) is 3.68. The Bertz CT molecular complexity index is 670. The van der Waals surface area contributed by atoms with Gasteiger partial charge in [-0.05, 0) is 39.7 Å². The van der Waals surface area contributed by atoms with Crippen LogP contribution in [0.3, 0.4) is 0 Å². The summed E-state index contributed by atoms with van der Waals surface area (Å²) in [7, 11) is 1.86. The summed E-state index contributed by atoms with van der Waals surface area (Å²) in [6.07, 6.45) is 2.90. The third kappa shape index (κ3) is 2.85. The van der Waals surface area contributed by atoms with Gasteiger partial charge in [0.1, 0.15) is 5.82 Å². The Morgan fingerprint density at radius 3 is 2.82 bits per heavy atom. The summed E-state index contributed by atoms with van der Waals surface area (Å²) < 4.78 is 1.72. The SMILES string of the molecule is Cn1ncc2c(N)nc(NC[C@H]3CCN(C(C)(C)C)C3)nc21. The van der Waals surface area contributed by atoms with E-state index in [1.807, 2.05) is 7.05 Å². The van der Waals surface area contributed by atoms with E-state index in [0.717, 1.165) is 30.7 Å². The van der Waals surface area contributed by atoms with E-state index in [0.29, 0.717) is 17.7 Å². The number of nitrogens with two attached hydrogens (primary N) is 1. The first-order chi connectivity index (χ1) is 10.3. The number of aryl methyl sites for hydroxylation is 1. The lowest BCUT2D eigenvalue weighted by Gasteiger charge is -2.31. The largest absolute Gasteiger partial charge is 0.383 e. The molecule has 2 aromatic rings. The molecule has 1 saturated heterocycles. The minimum absolute atomic E-state index is 0.239. The molecule has 0 saturated carbocycles. The molecule has 0 bridgehead atoms. The van der Waals surface area contributed by atoms with Gasteiger partial charge < -0.3 is 11.1 Å². The van der Waals surface area contributed by atoms with Gasteiger partial charge in [-0.25, -0.2) is 0 Å². The van der Waals surface area contributed by atoms with Crippen molar-refractivity contribution in [3.05, 3.63) is 6.20 Å². The molecule has 0 radical (unpaired) electrons. The van der Waals surface area contributed by atoms with Gasteiger partial charge in [0.15, 0.2) is 5.65 Å². The molecule has 7 heteroatoms. The van der Waals surface area contributed by atoms with Crippen LogP contribution in [0.2, 0.25) is 0 Å². The fourth-order valence-electron chi connectivity index (χ4n) is 2.97. The summed E-state index contributed by atoms with van der Waals surface area (Å²) in [5.41, 5.74) is 6.98. The van der Waals surface area contributed by atoms with E-state index in [2.05, 4.69) is 46.1 Å². The van der Waals surface area contributed by atoms with Crippen LogP contribution in [0, 0.1) is 5.92 Å². The van der Waals surface area contributed by atoms with Crippen molar-refractivity contribution in [2.24, 2.45) is 13.0 Å². The Hall–Kier alpha value is -1.89. The minimum atomic E-state index is 0.239. The Morgan fingerprint density at radius 2 is 2.14 bits per heavy atom. The first-order valence-electron chi connectivity index (χ1n) is 7.79. The molecule has 0 unspecified atom stereocenters. The average molecular weight is 303 g/mol. The van der Waals surface area contributed by atoms with Crippen LogP contribution in [0.15, 0.2) is 6.20 Å². The molecular weight excluding hydrogens is 278 g/mol. The predicted molar refractivity (Wildman–Crippen MR) is 88.6 cm³/mol. The fraction of sp³-hybridized carbons (Fsp3) is 0.667. The first-order valence-corrected chi connectivity index (χ1v) is 7.79. The highest BCUT2D eigenvalue weighted by molar-refractivity contribution is 5.86. The average Bonchev–Trinajstić information content (AvgIpc) is 3.04.